The summed E-state index contributed by atoms with van der Waals surface area (Å²) in [4.78, 5) is 2.50. The van der Waals surface area contributed by atoms with Crippen molar-refractivity contribution >= 4 is 17.0 Å². The van der Waals surface area contributed by atoms with Gasteiger partial charge in [-0.1, -0.05) is 60.7 Å². The summed E-state index contributed by atoms with van der Waals surface area (Å²) in [6.07, 6.45) is 0. The molecule has 0 radical (unpaired) electrons. The van der Waals surface area contributed by atoms with E-state index in [9.17, 15) is 0 Å². The molecule has 1 aromatic heterocycles. The van der Waals surface area contributed by atoms with Crippen molar-refractivity contribution in [2.45, 2.75) is 6.61 Å². The van der Waals surface area contributed by atoms with Gasteiger partial charge in [-0.25, -0.2) is 0 Å². The zero-order valence-electron chi connectivity index (χ0n) is 15.2. The minimum atomic E-state index is 0.566. The minimum absolute atomic E-state index is 0.566. The monoisotopic (exact) mass is 371 g/mol. The van der Waals surface area contributed by atoms with Crippen LogP contribution in [0, 0.1) is 0 Å². The molecule has 3 aromatic carbocycles. The van der Waals surface area contributed by atoms with Crippen LogP contribution in [0.15, 0.2) is 91.0 Å². The lowest BCUT2D eigenvalue weighted by Gasteiger charge is -2.05. The average Bonchev–Trinajstić information content (AvgIpc) is 3.18. The number of anilines is 1. The summed E-state index contributed by atoms with van der Waals surface area (Å²) in [7, 11) is 1.91. The van der Waals surface area contributed by atoms with Gasteiger partial charge >= 0.3 is 0 Å². The van der Waals surface area contributed by atoms with Crippen LogP contribution in [0.1, 0.15) is 4.88 Å². The Kier molecular flexibility index (Phi) is 5.22. The summed E-state index contributed by atoms with van der Waals surface area (Å²) in [5.74, 6) is 0.880. The van der Waals surface area contributed by atoms with Crippen molar-refractivity contribution in [1.29, 1.82) is 0 Å². The summed E-state index contributed by atoms with van der Waals surface area (Å²) in [5.41, 5.74) is 4.82. The fraction of sp³-hybridized carbons (Fsp3) is 0.0833. The van der Waals surface area contributed by atoms with Crippen LogP contribution in [-0.2, 0) is 6.61 Å². The molecule has 0 saturated carbocycles. The van der Waals surface area contributed by atoms with Crippen LogP contribution in [-0.4, -0.2) is 7.05 Å². The third-order valence-corrected chi connectivity index (χ3v) is 5.59. The van der Waals surface area contributed by atoms with E-state index >= 15 is 0 Å². The average molecular weight is 372 g/mol. The fourth-order valence-electron chi connectivity index (χ4n) is 3.02. The van der Waals surface area contributed by atoms with Crippen molar-refractivity contribution in [3.8, 4) is 27.3 Å². The molecule has 27 heavy (non-hydrogen) atoms. The van der Waals surface area contributed by atoms with Crippen molar-refractivity contribution in [2.75, 3.05) is 12.4 Å². The van der Waals surface area contributed by atoms with Crippen molar-refractivity contribution in [3.63, 3.8) is 0 Å². The Balaban J connectivity index is 1.62. The molecule has 0 fully saturated rings. The topological polar surface area (TPSA) is 21.3 Å². The number of hydrogen-bond donors (Lipinski definition) is 1. The van der Waals surface area contributed by atoms with E-state index in [1.807, 2.05) is 31.3 Å². The van der Waals surface area contributed by atoms with Gasteiger partial charge in [-0.3, -0.25) is 0 Å². The lowest BCUT2D eigenvalue weighted by atomic mass is 10.0. The zero-order valence-corrected chi connectivity index (χ0v) is 16.0. The Morgan fingerprint density at radius 2 is 1.41 bits per heavy atom. The zero-order chi connectivity index (χ0) is 18.5. The van der Waals surface area contributed by atoms with Crippen LogP contribution in [0.4, 0.5) is 5.69 Å². The molecule has 0 aliphatic carbocycles. The minimum Gasteiger partial charge on any atom is -0.488 e. The van der Waals surface area contributed by atoms with Gasteiger partial charge in [0, 0.05) is 28.1 Å². The van der Waals surface area contributed by atoms with Gasteiger partial charge in [-0.05, 0) is 41.5 Å². The second-order valence-corrected chi connectivity index (χ2v) is 7.39. The number of rotatable bonds is 6. The Morgan fingerprint density at radius 1 is 0.778 bits per heavy atom. The van der Waals surface area contributed by atoms with Gasteiger partial charge in [-0.15, -0.1) is 11.3 Å². The van der Waals surface area contributed by atoms with E-state index in [1.165, 1.54) is 26.4 Å². The predicted octanol–water partition coefficient (Wildman–Crippen LogP) is 6.70. The van der Waals surface area contributed by atoms with Gasteiger partial charge in [0.15, 0.2) is 0 Å². The molecule has 0 aliphatic heterocycles. The Labute approximate surface area is 164 Å². The molecule has 2 nitrogen and oxygen atoms in total. The van der Waals surface area contributed by atoms with Crippen LogP contribution in [0.5, 0.6) is 5.75 Å². The molecular formula is C24H21NOS. The summed E-state index contributed by atoms with van der Waals surface area (Å²) < 4.78 is 6.01. The highest BCUT2D eigenvalue weighted by Crippen LogP contribution is 2.39. The van der Waals surface area contributed by atoms with Crippen molar-refractivity contribution in [1.82, 2.24) is 0 Å². The maximum Gasteiger partial charge on any atom is 0.122 e. The number of thiophene rings is 1. The molecule has 0 unspecified atom stereocenters. The first kappa shape index (κ1) is 17.4. The SMILES string of the molecule is CNc1ccc(OCc2cc(-c3ccccc3)c(-c3ccccc3)s2)cc1. The Bertz CT molecular complexity index is 935. The highest BCUT2D eigenvalue weighted by molar-refractivity contribution is 7.16. The molecule has 0 aliphatic rings. The maximum atomic E-state index is 6.01. The second kappa shape index (κ2) is 8.11. The van der Waals surface area contributed by atoms with E-state index < -0.39 is 0 Å². The molecule has 0 amide bonds. The molecule has 3 heteroatoms. The lowest BCUT2D eigenvalue weighted by Crippen LogP contribution is -1.93. The van der Waals surface area contributed by atoms with Crippen molar-refractivity contribution in [3.05, 3.63) is 95.9 Å². The molecule has 0 bridgehead atoms. The number of hydrogen-bond acceptors (Lipinski definition) is 3. The third-order valence-electron chi connectivity index (χ3n) is 4.43. The van der Waals surface area contributed by atoms with Gasteiger partial charge in [0.05, 0.1) is 0 Å². The second-order valence-electron chi connectivity index (χ2n) is 6.25. The third kappa shape index (κ3) is 4.04. The van der Waals surface area contributed by atoms with Gasteiger partial charge in [-0.2, -0.15) is 0 Å². The van der Waals surface area contributed by atoms with Crippen molar-refractivity contribution < 1.29 is 4.74 Å². The molecule has 4 rings (SSSR count). The Morgan fingerprint density at radius 3 is 2.04 bits per heavy atom. The summed E-state index contributed by atoms with van der Waals surface area (Å²) in [6.45, 7) is 0.566. The lowest BCUT2D eigenvalue weighted by molar-refractivity contribution is 0.310. The highest BCUT2D eigenvalue weighted by atomic mass is 32.1. The van der Waals surface area contributed by atoms with Gasteiger partial charge in [0.1, 0.15) is 12.4 Å². The first-order valence-electron chi connectivity index (χ1n) is 8.97. The molecule has 0 atom stereocenters. The number of benzene rings is 3. The smallest absolute Gasteiger partial charge is 0.122 e. The number of nitrogens with one attached hydrogen (secondary N) is 1. The molecule has 0 saturated heterocycles. The Hall–Kier alpha value is -3.04. The summed E-state index contributed by atoms with van der Waals surface area (Å²) >= 11 is 1.80. The molecule has 134 valence electrons. The molecular weight excluding hydrogens is 350 g/mol. The van der Waals surface area contributed by atoms with Crippen LogP contribution in [0.3, 0.4) is 0 Å². The maximum absolute atomic E-state index is 6.01. The van der Waals surface area contributed by atoms with Gasteiger partial charge < -0.3 is 10.1 Å². The largest absolute Gasteiger partial charge is 0.488 e. The van der Waals surface area contributed by atoms with Crippen LogP contribution in [0.2, 0.25) is 0 Å². The van der Waals surface area contributed by atoms with E-state index in [0.29, 0.717) is 6.61 Å². The first-order valence-corrected chi connectivity index (χ1v) is 9.79. The molecule has 4 aromatic rings. The van der Waals surface area contributed by atoms with Crippen LogP contribution in [0.25, 0.3) is 21.6 Å². The molecule has 0 spiro atoms. The van der Waals surface area contributed by atoms with E-state index in [0.717, 1.165) is 11.4 Å². The molecule has 1 N–H and O–H groups in total. The van der Waals surface area contributed by atoms with E-state index in [1.54, 1.807) is 11.3 Å². The molecule has 1 heterocycles. The fourth-order valence-corrected chi connectivity index (χ4v) is 4.12. The van der Waals surface area contributed by atoms with E-state index in [4.69, 9.17) is 4.74 Å². The quantitative estimate of drug-likeness (QED) is 0.407. The van der Waals surface area contributed by atoms with E-state index in [2.05, 4.69) is 72.0 Å². The van der Waals surface area contributed by atoms with Gasteiger partial charge in [0.25, 0.3) is 0 Å². The van der Waals surface area contributed by atoms with E-state index in [-0.39, 0.29) is 0 Å². The summed E-state index contributed by atoms with van der Waals surface area (Å²) in [5, 5.41) is 3.12. The van der Waals surface area contributed by atoms with Gasteiger partial charge in [0.2, 0.25) is 0 Å². The number of ether oxygens (including phenoxy) is 1. The van der Waals surface area contributed by atoms with Crippen LogP contribution >= 0.6 is 11.3 Å². The predicted molar refractivity (Wildman–Crippen MR) is 116 cm³/mol. The van der Waals surface area contributed by atoms with Crippen LogP contribution < -0.4 is 10.1 Å². The highest BCUT2D eigenvalue weighted by Gasteiger charge is 2.13. The normalized spacial score (nSPS) is 10.6. The summed E-state index contributed by atoms with van der Waals surface area (Å²) in [6, 6.07) is 31.4. The van der Waals surface area contributed by atoms with Crippen molar-refractivity contribution in [2.24, 2.45) is 0 Å². The standard InChI is InChI=1S/C24H21NOS/c1-25-20-12-14-21(15-13-20)26-17-22-16-23(18-8-4-2-5-9-18)24(27-22)19-10-6-3-7-11-19/h2-16,25H,17H2,1H3. The first-order chi connectivity index (χ1) is 13.3.